The molecule has 1 aromatic heterocycles. The number of aromatic nitrogens is 2. The molecule has 2 unspecified atom stereocenters. The van der Waals surface area contributed by atoms with Crippen LogP contribution < -0.4 is 5.32 Å². The van der Waals surface area contributed by atoms with Crippen molar-refractivity contribution in [3.05, 3.63) is 17.7 Å². The van der Waals surface area contributed by atoms with Crippen molar-refractivity contribution in [1.29, 1.82) is 5.26 Å². The van der Waals surface area contributed by atoms with Crippen LogP contribution in [0.3, 0.4) is 0 Å². The van der Waals surface area contributed by atoms with Crippen LogP contribution in [0.4, 0.5) is 0 Å². The molecular weight excluding hydrogens is 248 g/mol. The Hall–Kier alpha value is -1.34. The van der Waals surface area contributed by atoms with E-state index in [0.717, 1.165) is 50.9 Å². The van der Waals surface area contributed by atoms with Crippen molar-refractivity contribution in [1.82, 2.24) is 14.9 Å². The van der Waals surface area contributed by atoms with Crippen molar-refractivity contribution in [3.8, 4) is 6.07 Å². The van der Waals surface area contributed by atoms with Crippen LogP contribution in [0.2, 0.25) is 0 Å². The first-order valence-corrected chi connectivity index (χ1v) is 7.77. The van der Waals surface area contributed by atoms with Crippen LogP contribution in [0, 0.1) is 31.1 Å². The lowest BCUT2D eigenvalue weighted by atomic mass is 9.85. The van der Waals surface area contributed by atoms with Crippen molar-refractivity contribution >= 4 is 0 Å². The molecular formula is C16H26N4. The molecule has 1 fully saturated rings. The highest BCUT2D eigenvalue weighted by Crippen LogP contribution is 2.38. The lowest BCUT2D eigenvalue weighted by Gasteiger charge is -2.30. The van der Waals surface area contributed by atoms with Crippen molar-refractivity contribution in [2.45, 2.75) is 65.0 Å². The number of rotatable bonds is 6. The van der Waals surface area contributed by atoms with Gasteiger partial charge >= 0.3 is 0 Å². The zero-order valence-electron chi connectivity index (χ0n) is 12.9. The second-order valence-electron chi connectivity index (χ2n) is 6.00. The van der Waals surface area contributed by atoms with Crippen LogP contribution in [0.5, 0.6) is 0 Å². The van der Waals surface area contributed by atoms with Gasteiger partial charge < -0.3 is 4.57 Å². The third-order valence-corrected chi connectivity index (χ3v) is 4.77. The Morgan fingerprint density at radius 2 is 2.35 bits per heavy atom. The topological polar surface area (TPSA) is 53.6 Å². The molecule has 110 valence electrons. The largest absolute Gasteiger partial charge is 0.335 e. The maximum absolute atomic E-state index is 9.64. The normalized spacial score (nSPS) is 25.8. The Morgan fingerprint density at radius 1 is 1.55 bits per heavy atom. The zero-order chi connectivity index (χ0) is 14.6. The van der Waals surface area contributed by atoms with Crippen LogP contribution in [-0.2, 0) is 6.54 Å². The summed E-state index contributed by atoms with van der Waals surface area (Å²) in [6, 6.07) is 2.58. The fourth-order valence-electron chi connectivity index (χ4n) is 3.30. The number of nitriles is 1. The Balaban J connectivity index is 2.00. The van der Waals surface area contributed by atoms with Crippen LogP contribution >= 0.6 is 0 Å². The minimum atomic E-state index is -0.292. The van der Waals surface area contributed by atoms with E-state index in [4.69, 9.17) is 0 Å². The van der Waals surface area contributed by atoms with Gasteiger partial charge in [0.05, 0.1) is 18.1 Å². The highest BCUT2D eigenvalue weighted by molar-refractivity contribution is 5.14. The monoisotopic (exact) mass is 274 g/mol. The minimum absolute atomic E-state index is 0.292. The molecule has 1 aliphatic carbocycles. The van der Waals surface area contributed by atoms with Crippen molar-refractivity contribution in [3.63, 3.8) is 0 Å². The van der Waals surface area contributed by atoms with E-state index in [9.17, 15) is 5.26 Å². The first-order chi connectivity index (χ1) is 9.63. The molecule has 0 saturated heterocycles. The Kier molecular flexibility index (Phi) is 4.82. The predicted octanol–water partition coefficient (Wildman–Crippen LogP) is 2.95. The van der Waals surface area contributed by atoms with Gasteiger partial charge in [-0.05, 0) is 52.0 Å². The summed E-state index contributed by atoms with van der Waals surface area (Å²) in [5, 5.41) is 13.2. The Bertz CT molecular complexity index is 485. The van der Waals surface area contributed by atoms with Gasteiger partial charge in [-0.15, -0.1) is 0 Å². The highest BCUT2D eigenvalue weighted by atomic mass is 15.1. The lowest BCUT2D eigenvalue weighted by Crippen LogP contribution is -2.47. The van der Waals surface area contributed by atoms with Gasteiger partial charge in [-0.25, -0.2) is 4.98 Å². The summed E-state index contributed by atoms with van der Waals surface area (Å²) < 4.78 is 2.22. The predicted molar refractivity (Wildman–Crippen MR) is 80.3 cm³/mol. The van der Waals surface area contributed by atoms with Crippen LogP contribution in [-0.4, -0.2) is 21.6 Å². The van der Waals surface area contributed by atoms with Crippen LogP contribution in [0.1, 0.15) is 50.4 Å². The van der Waals surface area contributed by atoms with Gasteiger partial charge in [-0.2, -0.15) is 5.26 Å². The van der Waals surface area contributed by atoms with Crippen molar-refractivity contribution < 1.29 is 0 Å². The molecule has 0 spiro atoms. The number of aryl methyl sites for hydroxylation is 2. The first kappa shape index (κ1) is 15.1. The van der Waals surface area contributed by atoms with Gasteiger partial charge in [0.2, 0.25) is 0 Å². The molecule has 0 bridgehead atoms. The molecule has 1 saturated carbocycles. The van der Waals surface area contributed by atoms with Crippen molar-refractivity contribution in [2.24, 2.45) is 5.92 Å². The van der Waals surface area contributed by atoms with Gasteiger partial charge in [-0.1, -0.05) is 13.3 Å². The molecule has 0 aliphatic heterocycles. The molecule has 0 amide bonds. The summed E-state index contributed by atoms with van der Waals surface area (Å²) in [6.07, 6.45) is 7.38. The maximum Gasteiger partial charge on any atom is 0.109 e. The number of nitrogens with zero attached hydrogens (tertiary/aromatic N) is 3. The molecule has 1 heterocycles. The van der Waals surface area contributed by atoms with Gasteiger partial charge in [0.25, 0.3) is 0 Å². The summed E-state index contributed by atoms with van der Waals surface area (Å²) in [7, 11) is 0. The van der Waals surface area contributed by atoms with E-state index in [1.54, 1.807) is 0 Å². The summed E-state index contributed by atoms with van der Waals surface area (Å²) in [5.41, 5.74) is 2.05. The van der Waals surface area contributed by atoms with Gasteiger partial charge in [0, 0.05) is 12.2 Å². The van der Waals surface area contributed by atoms with Crippen LogP contribution in [0.15, 0.2) is 6.33 Å². The lowest BCUT2D eigenvalue weighted by molar-refractivity contribution is 0.290. The number of hydrogen-bond acceptors (Lipinski definition) is 3. The fraction of sp³-hybridized carbons (Fsp3) is 0.750. The summed E-state index contributed by atoms with van der Waals surface area (Å²) >= 11 is 0. The molecule has 0 aromatic carbocycles. The molecule has 4 nitrogen and oxygen atoms in total. The van der Waals surface area contributed by atoms with Gasteiger partial charge in [0.1, 0.15) is 5.54 Å². The van der Waals surface area contributed by atoms with E-state index >= 15 is 0 Å². The number of hydrogen-bond donors (Lipinski definition) is 1. The molecule has 0 radical (unpaired) electrons. The summed E-state index contributed by atoms with van der Waals surface area (Å²) in [4.78, 5) is 4.35. The number of imidazole rings is 1. The molecule has 1 aliphatic rings. The quantitative estimate of drug-likeness (QED) is 0.867. The van der Waals surface area contributed by atoms with Crippen molar-refractivity contribution in [2.75, 3.05) is 6.54 Å². The van der Waals surface area contributed by atoms with E-state index in [-0.39, 0.29) is 5.54 Å². The smallest absolute Gasteiger partial charge is 0.109 e. The average molecular weight is 274 g/mol. The SMILES string of the molecule is CCCNC1(C#N)CCCC1CCn1cnc(C)c1C. The number of nitrogens with one attached hydrogen (secondary N) is 1. The molecule has 20 heavy (non-hydrogen) atoms. The third-order valence-electron chi connectivity index (χ3n) is 4.77. The second-order valence-corrected chi connectivity index (χ2v) is 6.00. The molecule has 1 N–H and O–H groups in total. The van der Waals surface area contributed by atoms with E-state index in [1.165, 1.54) is 5.69 Å². The minimum Gasteiger partial charge on any atom is -0.335 e. The van der Waals surface area contributed by atoms with Gasteiger partial charge in [0.15, 0.2) is 0 Å². The first-order valence-electron chi connectivity index (χ1n) is 7.77. The Labute approximate surface area is 122 Å². The fourth-order valence-corrected chi connectivity index (χ4v) is 3.30. The highest BCUT2D eigenvalue weighted by Gasteiger charge is 2.42. The summed E-state index contributed by atoms with van der Waals surface area (Å²) in [6.45, 7) is 8.22. The van der Waals surface area contributed by atoms with Crippen LogP contribution in [0.25, 0.3) is 0 Å². The van der Waals surface area contributed by atoms with E-state index < -0.39 is 0 Å². The zero-order valence-corrected chi connectivity index (χ0v) is 12.9. The molecule has 4 heteroatoms. The standard InChI is InChI=1S/C16H26N4/c1-4-9-19-16(11-17)8-5-6-15(16)7-10-20-12-18-13(2)14(20)3/h12,15,19H,4-10H2,1-3H3. The Morgan fingerprint density at radius 3 is 2.95 bits per heavy atom. The van der Waals surface area contributed by atoms with E-state index in [1.807, 2.05) is 13.3 Å². The average Bonchev–Trinajstić information content (AvgIpc) is 3.00. The summed E-state index contributed by atoms with van der Waals surface area (Å²) in [5.74, 6) is 0.459. The molecule has 2 atom stereocenters. The third kappa shape index (κ3) is 2.88. The molecule has 1 aromatic rings. The second kappa shape index (κ2) is 6.41. The van der Waals surface area contributed by atoms with E-state index in [2.05, 4.69) is 34.8 Å². The van der Waals surface area contributed by atoms with E-state index in [0.29, 0.717) is 5.92 Å². The molecule has 2 rings (SSSR count). The van der Waals surface area contributed by atoms with Gasteiger partial charge in [-0.3, -0.25) is 5.32 Å². The maximum atomic E-state index is 9.64.